The fraction of sp³-hybridized carbons (Fsp3) is 0.467. The van der Waals surface area contributed by atoms with E-state index in [2.05, 4.69) is 64.5 Å². The largest absolute Gasteiger partial charge is 0.463 e. The Morgan fingerprint density at radius 2 is 2.00 bits per heavy atom. The number of amides is 1. The van der Waals surface area contributed by atoms with Gasteiger partial charge in [-0.15, -0.1) is 0 Å². The molecule has 2 fully saturated rings. The number of nitrogens with zero attached hydrogens (tertiary/aromatic N) is 6. The van der Waals surface area contributed by atoms with Crippen molar-refractivity contribution in [2.75, 3.05) is 55.7 Å². The van der Waals surface area contributed by atoms with Gasteiger partial charge in [-0.2, -0.15) is 15.2 Å². The molecule has 10 nitrogen and oxygen atoms in total. The van der Waals surface area contributed by atoms with Crippen LogP contribution in [-0.2, 0) is 17.8 Å². The molecule has 6 rings (SSSR count). The monoisotopic (exact) mass is 541 g/mol. The maximum Gasteiger partial charge on any atom is 0.318 e. The van der Waals surface area contributed by atoms with Crippen molar-refractivity contribution in [2.24, 2.45) is 0 Å². The van der Waals surface area contributed by atoms with E-state index in [1.807, 2.05) is 4.90 Å². The van der Waals surface area contributed by atoms with Crippen molar-refractivity contribution in [3.05, 3.63) is 53.2 Å². The summed E-state index contributed by atoms with van der Waals surface area (Å²) in [7, 11) is 0. The minimum atomic E-state index is -0.197. The molecule has 0 saturated carbocycles. The number of rotatable bonds is 8. The van der Waals surface area contributed by atoms with Gasteiger partial charge in [0.05, 0.1) is 43.4 Å². The first kappa shape index (κ1) is 26.3. The van der Waals surface area contributed by atoms with E-state index >= 15 is 0 Å². The highest BCUT2D eigenvalue weighted by molar-refractivity contribution is 5.97. The van der Waals surface area contributed by atoms with E-state index < -0.39 is 0 Å². The average Bonchev–Trinajstić information content (AvgIpc) is 3.82. The van der Waals surface area contributed by atoms with E-state index in [0.29, 0.717) is 51.8 Å². The number of anilines is 2. The van der Waals surface area contributed by atoms with Crippen molar-refractivity contribution < 1.29 is 14.6 Å². The van der Waals surface area contributed by atoms with Crippen LogP contribution in [0.15, 0.2) is 36.4 Å². The van der Waals surface area contributed by atoms with Crippen molar-refractivity contribution in [1.29, 1.82) is 5.26 Å². The molecule has 0 bridgehead atoms. The molecule has 0 aliphatic carbocycles. The van der Waals surface area contributed by atoms with Gasteiger partial charge in [-0.1, -0.05) is 30.3 Å². The molecule has 0 unspecified atom stereocenters. The van der Waals surface area contributed by atoms with Gasteiger partial charge in [-0.3, -0.25) is 4.79 Å². The molecule has 4 heterocycles. The minimum Gasteiger partial charge on any atom is -0.463 e. The number of carbonyl (C=O) groups excluding carboxylic acids is 1. The van der Waals surface area contributed by atoms with Crippen LogP contribution in [0.4, 0.5) is 11.5 Å². The first-order valence-corrected chi connectivity index (χ1v) is 14.1. The number of aryl methyl sites for hydroxylation is 1. The number of piperazine rings is 1. The fourth-order valence-electron chi connectivity index (χ4n) is 5.97. The summed E-state index contributed by atoms with van der Waals surface area (Å²) in [6.45, 7) is 6.39. The molecule has 10 heteroatoms. The van der Waals surface area contributed by atoms with Gasteiger partial charge >= 0.3 is 6.01 Å². The Hall–Kier alpha value is -3.94. The summed E-state index contributed by atoms with van der Waals surface area (Å²) in [5.74, 6) is 0.913. The second-order valence-corrected chi connectivity index (χ2v) is 10.8. The molecule has 40 heavy (non-hydrogen) atoms. The first-order valence-electron chi connectivity index (χ1n) is 14.1. The zero-order valence-electron chi connectivity index (χ0n) is 22.8. The Labute approximate surface area is 234 Å². The lowest BCUT2D eigenvalue weighted by atomic mass is 9.99. The number of fused-ring (bicyclic) bond motifs is 2. The van der Waals surface area contributed by atoms with E-state index in [9.17, 15) is 15.2 Å². The van der Waals surface area contributed by atoms with Crippen LogP contribution in [0.25, 0.3) is 10.8 Å². The topological polar surface area (TPSA) is 128 Å². The van der Waals surface area contributed by atoms with Gasteiger partial charge in [0.15, 0.2) is 0 Å². The van der Waals surface area contributed by atoms with Crippen LogP contribution >= 0.6 is 0 Å². The normalized spacial score (nSPS) is 20.3. The van der Waals surface area contributed by atoms with E-state index in [1.165, 1.54) is 22.0 Å². The number of aliphatic hydroxyl groups is 1. The smallest absolute Gasteiger partial charge is 0.318 e. The molecule has 208 valence electrons. The lowest BCUT2D eigenvalue weighted by molar-refractivity contribution is -0.133. The summed E-state index contributed by atoms with van der Waals surface area (Å²) in [6.07, 6.45) is 1.55. The lowest BCUT2D eigenvalue weighted by Crippen LogP contribution is -2.57. The standard InChI is InChI=1S/C30H35N7O3/c1-20-5-2-6-21-7-3-8-26(27(20)21)35-12-10-23-25(19-35)33-30(40-16-4-15-38)34-28(23)36-13-14-37(22(18-36)9-11-31)29(39)24-17-32-24/h2-3,5-8,22,24,32,38H,4,9-10,12-19H2,1H3/t22-,24-/m0/s1. The molecule has 2 N–H and O–H groups in total. The van der Waals surface area contributed by atoms with Gasteiger partial charge < -0.3 is 29.9 Å². The van der Waals surface area contributed by atoms with Crippen molar-refractivity contribution in [3.8, 4) is 12.1 Å². The molecule has 0 radical (unpaired) electrons. The Kier molecular flexibility index (Phi) is 7.41. The SMILES string of the molecule is Cc1cccc2cccc(N3CCc4c(nc(OCCCO)nc4N4CCN(C(=O)[C@@H]5CN5)[C@@H](CC#N)C4)C3)c12. The predicted molar refractivity (Wildman–Crippen MR) is 152 cm³/mol. The minimum absolute atomic E-state index is 0.0354. The Morgan fingerprint density at radius 3 is 2.77 bits per heavy atom. The quantitative estimate of drug-likeness (QED) is 0.326. The molecular weight excluding hydrogens is 506 g/mol. The van der Waals surface area contributed by atoms with Crippen LogP contribution in [0, 0.1) is 18.3 Å². The number of hydrogen-bond donors (Lipinski definition) is 2. The van der Waals surface area contributed by atoms with E-state index in [-0.39, 0.29) is 31.0 Å². The summed E-state index contributed by atoms with van der Waals surface area (Å²) in [5, 5.41) is 24.4. The maximum absolute atomic E-state index is 12.9. The number of benzene rings is 2. The first-order chi connectivity index (χ1) is 19.6. The Bertz CT molecular complexity index is 1450. The summed E-state index contributed by atoms with van der Waals surface area (Å²) in [6, 6.07) is 15.1. The Balaban J connectivity index is 1.32. The van der Waals surface area contributed by atoms with Gasteiger partial charge in [-0.25, -0.2) is 0 Å². The van der Waals surface area contributed by atoms with Crippen LogP contribution in [0.5, 0.6) is 6.01 Å². The van der Waals surface area contributed by atoms with Gasteiger partial charge in [0.25, 0.3) is 0 Å². The summed E-state index contributed by atoms with van der Waals surface area (Å²) < 4.78 is 5.90. The zero-order chi connectivity index (χ0) is 27.6. The Morgan fingerprint density at radius 1 is 1.18 bits per heavy atom. The molecule has 0 spiro atoms. The molecule has 2 atom stereocenters. The molecule has 1 amide bonds. The maximum atomic E-state index is 12.9. The molecule has 2 saturated heterocycles. The van der Waals surface area contributed by atoms with E-state index in [4.69, 9.17) is 14.7 Å². The number of nitrogens with one attached hydrogen (secondary N) is 1. The fourth-order valence-corrected chi connectivity index (χ4v) is 5.97. The second-order valence-electron chi connectivity index (χ2n) is 10.8. The number of ether oxygens (including phenoxy) is 1. The third-order valence-electron chi connectivity index (χ3n) is 8.09. The van der Waals surface area contributed by atoms with E-state index in [1.54, 1.807) is 0 Å². The molecule has 1 aromatic heterocycles. The second kappa shape index (κ2) is 11.3. The lowest BCUT2D eigenvalue weighted by Gasteiger charge is -2.42. The number of aliphatic hydroxyl groups excluding tert-OH is 1. The van der Waals surface area contributed by atoms with Crippen LogP contribution in [-0.4, -0.2) is 83.9 Å². The van der Waals surface area contributed by atoms with Crippen LogP contribution in [0.3, 0.4) is 0 Å². The highest BCUT2D eigenvalue weighted by Crippen LogP contribution is 2.36. The molecule has 3 aliphatic heterocycles. The van der Waals surface area contributed by atoms with E-state index in [0.717, 1.165) is 30.0 Å². The molecule has 3 aliphatic rings. The van der Waals surface area contributed by atoms with Crippen molar-refractivity contribution in [2.45, 2.75) is 44.8 Å². The van der Waals surface area contributed by atoms with Gasteiger partial charge in [-0.05, 0) is 30.4 Å². The van der Waals surface area contributed by atoms with Crippen LogP contribution in [0.2, 0.25) is 0 Å². The third kappa shape index (κ3) is 5.15. The molecule has 3 aromatic rings. The third-order valence-corrected chi connectivity index (χ3v) is 8.09. The molecule has 2 aromatic carbocycles. The van der Waals surface area contributed by atoms with Crippen molar-refractivity contribution in [3.63, 3.8) is 0 Å². The van der Waals surface area contributed by atoms with Gasteiger partial charge in [0.2, 0.25) is 5.91 Å². The summed E-state index contributed by atoms with van der Waals surface area (Å²) in [4.78, 5) is 29.0. The van der Waals surface area contributed by atoms with Gasteiger partial charge in [0.1, 0.15) is 5.82 Å². The number of hydrogen-bond acceptors (Lipinski definition) is 9. The number of nitriles is 1. The highest BCUT2D eigenvalue weighted by atomic mass is 16.5. The average molecular weight is 542 g/mol. The summed E-state index contributed by atoms with van der Waals surface area (Å²) >= 11 is 0. The number of aromatic nitrogens is 2. The van der Waals surface area contributed by atoms with Gasteiger partial charge in [0, 0.05) is 62.4 Å². The molecular formula is C30H35N7O3. The highest BCUT2D eigenvalue weighted by Gasteiger charge is 2.39. The van der Waals surface area contributed by atoms with Crippen molar-refractivity contribution in [1.82, 2.24) is 20.2 Å². The summed E-state index contributed by atoms with van der Waals surface area (Å²) in [5.41, 5.74) is 4.46. The number of carbonyl (C=O) groups is 1. The zero-order valence-corrected chi connectivity index (χ0v) is 22.8. The predicted octanol–water partition coefficient (Wildman–Crippen LogP) is 2.16. The van der Waals surface area contributed by atoms with Crippen LogP contribution < -0.4 is 19.9 Å². The van der Waals surface area contributed by atoms with Crippen LogP contribution in [0.1, 0.15) is 29.7 Å². The van der Waals surface area contributed by atoms with Crippen molar-refractivity contribution >= 4 is 28.2 Å².